The minimum atomic E-state index is -0.682. The first-order valence-electron chi connectivity index (χ1n) is 10.3. The Morgan fingerprint density at radius 3 is 1.14 bits per heavy atom. The fourth-order valence-corrected chi connectivity index (χ4v) is 1.72. The molecule has 0 saturated carbocycles. The zero-order valence-corrected chi connectivity index (χ0v) is 18.1. The van der Waals surface area contributed by atoms with Gasteiger partial charge in [0, 0.05) is 12.8 Å². The minimum Gasteiger partial charge on any atom is -0.481 e. The number of carboxylic acid groups (broad SMARTS) is 2. The van der Waals surface area contributed by atoms with Gasteiger partial charge in [-0.05, 0) is 12.8 Å². The number of ether oxygens (including phenoxy) is 3. The third kappa shape index (κ3) is 46.6. The average molecular weight is 427 g/mol. The Bertz CT molecular complexity index is 295. The van der Waals surface area contributed by atoms with E-state index in [1.54, 1.807) is 0 Å². The molecule has 0 heterocycles. The van der Waals surface area contributed by atoms with Crippen molar-refractivity contribution in [1.29, 1.82) is 0 Å². The van der Waals surface area contributed by atoms with Crippen molar-refractivity contribution in [2.75, 3.05) is 52.9 Å². The summed E-state index contributed by atoms with van der Waals surface area (Å²) in [5, 5.41) is 33.0. The molecule has 29 heavy (non-hydrogen) atoms. The van der Waals surface area contributed by atoms with E-state index >= 15 is 0 Å². The van der Waals surface area contributed by atoms with Crippen LogP contribution in [0.4, 0.5) is 0 Å². The summed E-state index contributed by atoms with van der Waals surface area (Å²) in [5.41, 5.74) is 0. The molecule has 9 heteroatoms. The van der Waals surface area contributed by atoms with E-state index in [0.29, 0.717) is 52.5 Å². The quantitative estimate of drug-likeness (QED) is 0.243. The first-order valence-corrected chi connectivity index (χ1v) is 10.3. The molecule has 0 spiro atoms. The van der Waals surface area contributed by atoms with E-state index in [2.05, 4.69) is 13.8 Å². The highest BCUT2D eigenvalue weighted by Crippen LogP contribution is 1.97. The van der Waals surface area contributed by atoms with Crippen molar-refractivity contribution in [2.45, 2.75) is 65.2 Å². The summed E-state index contributed by atoms with van der Waals surface area (Å²) in [6.07, 6.45) is 6.55. The zero-order valence-electron chi connectivity index (χ0n) is 18.1. The molecule has 0 amide bonds. The second kappa shape index (κ2) is 31.4. The van der Waals surface area contributed by atoms with E-state index in [9.17, 15) is 9.59 Å². The molecule has 9 nitrogen and oxygen atoms in total. The first-order chi connectivity index (χ1) is 14.0. The largest absolute Gasteiger partial charge is 0.481 e. The Hall–Kier alpha value is -1.26. The van der Waals surface area contributed by atoms with Crippen molar-refractivity contribution < 1.29 is 44.2 Å². The van der Waals surface area contributed by atoms with Gasteiger partial charge in [-0.15, -0.1) is 0 Å². The molecule has 0 unspecified atom stereocenters. The van der Waals surface area contributed by atoms with Gasteiger partial charge in [0.15, 0.2) is 0 Å². The van der Waals surface area contributed by atoms with Crippen molar-refractivity contribution >= 4 is 11.9 Å². The Kier molecular flexibility index (Phi) is 35.1. The van der Waals surface area contributed by atoms with Gasteiger partial charge in [0.05, 0.1) is 52.9 Å². The molecule has 0 radical (unpaired) electrons. The van der Waals surface area contributed by atoms with Gasteiger partial charge in [-0.3, -0.25) is 9.59 Å². The molecule has 0 bridgehead atoms. The maximum Gasteiger partial charge on any atom is 0.303 e. The molecule has 0 aromatic rings. The van der Waals surface area contributed by atoms with Crippen LogP contribution in [0.5, 0.6) is 0 Å². The highest BCUT2D eigenvalue weighted by Gasteiger charge is 1.93. The lowest BCUT2D eigenvalue weighted by Crippen LogP contribution is -2.11. The molecule has 0 aromatic carbocycles. The molecular formula is C20H42O9. The minimum absolute atomic E-state index is 0.0413. The predicted molar refractivity (Wildman–Crippen MR) is 110 cm³/mol. The van der Waals surface area contributed by atoms with Gasteiger partial charge in [0.1, 0.15) is 0 Å². The van der Waals surface area contributed by atoms with Crippen LogP contribution < -0.4 is 0 Å². The summed E-state index contributed by atoms with van der Waals surface area (Å²) in [7, 11) is 0. The fourth-order valence-electron chi connectivity index (χ4n) is 1.72. The number of carboxylic acids is 2. The van der Waals surface area contributed by atoms with Gasteiger partial charge in [-0.25, -0.2) is 0 Å². The molecule has 0 fully saturated rings. The van der Waals surface area contributed by atoms with Gasteiger partial charge in [0.25, 0.3) is 0 Å². The van der Waals surface area contributed by atoms with Crippen LogP contribution in [0.3, 0.4) is 0 Å². The number of rotatable bonds is 18. The van der Waals surface area contributed by atoms with Crippen molar-refractivity contribution in [2.24, 2.45) is 0 Å². The Morgan fingerprint density at radius 1 is 0.586 bits per heavy atom. The summed E-state index contributed by atoms with van der Waals surface area (Å²) in [6, 6.07) is 0. The van der Waals surface area contributed by atoms with Gasteiger partial charge < -0.3 is 34.6 Å². The lowest BCUT2D eigenvalue weighted by atomic mass is 10.2. The Morgan fingerprint density at radius 2 is 0.897 bits per heavy atom. The van der Waals surface area contributed by atoms with Gasteiger partial charge >= 0.3 is 11.9 Å². The molecular weight excluding hydrogens is 384 g/mol. The molecule has 0 aliphatic carbocycles. The van der Waals surface area contributed by atoms with Gasteiger partial charge in [0.2, 0.25) is 0 Å². The van der Waals surface area contributed by atoms with Crippen LogP contribution in [-0.4, -0.2) is 85.2 Å². The lowest BCUT2D eigenvalue weighted by molar-refractivity contribution is -0.138. The Labute approximate surface area is 175 Å². The summed E-state index contributed by atoms with van der Waals surface area (Å²) in [5.74, 6) is -1.36. The smallest absolute Gasteiger partial charge is 0.303 e. The number of unbranched alkanes of at least 4 members (excludes halogenated alkanes) is 4. The van der Waals surface area contributed by atoms with E-state index in [1.807, 2.05) is 0 Å². The monoisotopic (exact) mass is 426 g/mol. The summed E-state index contributed by atoms with van der Waals surface area (Å²) in [4.78, 5) is 19.7. The number of aliphatic hydroxyl groups excluding tert-OH is 2. The first kappa shape index (κ1) is 32.4. The van der Waals surface area contributed by atoms with Crippen LogP contribution in [0.2, 0.25) is 0 Å². The summed E-state index contributed by atoms with van der Waals surface area (Å²) >= 11 is 0. The van der Waals surface area contributed by atoms with Crippen LogP contribution >= 0.6 is 0 Å². The summed E-state index contributed by atoms with van der Waals surface area (Å²) < 4.78 is 15.0. The van der Waals surface area contributed by atoms with Crippen molar-refractivity contribution in [3.63, 3.8) is 0 Å². The molecule has 0 aromatic heterocycles. The maximum atomic E-state index is 9.87. The zero-order chi connectivity index (χ0) is 22.6. The molecule has 0 aliphatic heterocycles. The SMILES string of the molecule is CCCCCC(=O)O.CCCCCC(=O)O.OCCOCCOCCOCCO. The maximum absolute atomic E-state index is 9.87. The number of hydrogen-bond donors (Lipinski definition) is 4. The van der Waals surface area contributed by atoms with E-state index < -0.39 is 11.9 Å². The van der Waals surface area contributed by atoms with Gasteiger partial charge in [-0.1, -0.05) is 39.5 Å². The van der Waals surface area contributed by atoms with Gasteiger partial charge in [-0.2, -0.15) is 0 Å². The molecule has 0 atom stereocenters. The average Bonchev–Trinajstić information content (AvgIpc) is 2.68. The van der Waals surface area contributed by atoms with Crippen molar-refractivity contribution in [3.8, 4) is 0 Å². The second-order valence-corrected chi connectivity index (χ2v) is 5.99. The standard InChI is InChI=1S/C8H18O5.2C6H12O2/c9-1-3-11-5-7-13-8-6-12-4-2-10;2*1-2-3-4-5-6(7)8/h9-10H,1-8H2;2*2-5H2,1H3,(H,7,8). The van der Waals surface area contributed by atoms with Crippen molar-refractivity contribution in [1.82, 2.24) is 0 Å². The van der Waals surface area contributed by atoms with Crippen molar-refractivity contribution in [3.05, 3.63) is 0 Å². The van der Waals surface area contributed by atoms with Crippen LogP contribution in [0.25, 0.3) is 0 Å². The number of aliphatic carboxylic acids is 2. The molecule has 4 N–H and O–H groups in total. The number of aliphatic hydroxyl groups is 2. The number of hydrogen-bond acceptors (Lipinski definition) is 7. The van der Waals surface area contributed by atoms with Crippen LogP contribution in [-0.2, 0) is 23.8 Å². The molecule has 176 valence electrons. The van der Waals surface area contributed by atoms with E-state index in [4.69, 9.17) is 34.6 Å². The van der Waals surface area contributed by atoms with Crippen LogP contribution in [0.1, 0.15) is 65.2 Å². The molecule has 0 saturated heterocycles. The lowest BCUT2D eigenvalue weighted by Gasteiger charge is -2.04. The topological polar surface area (TPSA) is 143 Å². The number of carbonyl (C=O) groups is 2. The predicted octanol–water partition coefficient (Wildman–Crippen LogP) is 2.32. The van der Waals surface area contributed by atoms with Crippen LogP contribution in [0.15, 0.2) is 0 Å². The van der Waals surface area contributed by atoms with E-state index in [1.165, 1.54) is 0 Å². The van der Waals surface area contributed by atoms with E-state index in [0.717, 1.165) is 38.5 Å². The second-order valence-electron chi connectivity index (χ2n) is 5.99. The molecule has 0 aliphatic rings. The van der Waals surface area contributed by atoms with E-state index in [-0.39, 0.29) is 13.2 Å². The molecule has 0 rings (SSSR count). The summed E-state index contributed by atoms with van der Waals surface area (Å²) in [6.45, 7) is 6.88. The fraction of sp³-hybridized carbons (Fsp3) is 0.900. The normalized spacial score (nSPS) is 9.79. The highest BCUT2D eigenvalue weighted by atomic mass is 16.5. The Balaban J connectivity index is -0.000000368. The van der Waals surface area contributed by atoms with Crippen LogP contribution in [0, 0.1) is 0 Å². The third-order valence-corrected chi connectivity index (χ3v) is 3.20. The third-order valence-electron chi connectivity index (χ3n) is 3.20. The highest BCUT2D eigenvalue weighted by molar-refractivity contribution is 5.66.